The largest absolute Gasteiger partial charge is 0.486 e. The van der Waals surface area contributed by atoms with E-state index in [1.165, 1.54) is 23.1 Å². The smallest absolute Gasteiger partial charge is 0.259 e. The van der Waals surface area contributed by atoms with Crippen LogP contribution in [0.15, 0.2) is 47.2 Å². The summed E-state index contributed by atoms with van der Waals surface area (Å²) in [6.45, 7) is 2.32. The number of aryl methyl sites for hydroxylation is 1. The number of halogens is 1. The highest BCUT2D eigenvalue weighted by molar-refractivity contribution is 9.10. The molecule has 8 heteroatoms. The molecule has 0 fully saturated rings. The molecule has 0 aliphatic rings. The van der Waals surface area contributed by atoms with Crippen LogP contribution in [-0.4, -0.2) is 21.1 Å². The molecule has 0 aliphatic heterocycles. The van der Waals surface area contributed by atoms with Crippen molar-refractivity contribution < 1.29 is 9.53 Å². The van der Waals surface area contributed by atoms with Gasteiger partial charge in [-0.05, 0) is 41.1 Å². The van der Waals surface area contributed by atoms with Gasteiger partial charge in [-0.3, -0.25) is 15.1 Å². The Balaban J connectivity index is 1.59. The second kappa shape index (κ2) is 7.50. The number of carbonyl (C=O) groups excluding carboxylic acids is 1. The maximum atomic E-state index is 12.1. The predicted molar refractivity (Wildman–Crippen MR) is 95.3 cm³/mol. The van der Waals surface area contributed by atoms with Gasteiger partial charge >= 0.3 is 0 Å². The molecule has 0 bridgehead atoms. The zero-order chi connectivity index (χ0) is 16.9. The fraction of sp³-hybridized carbons (Fsp3) is 0.125. The first-order valence-corrected chi connectivity index (χ1v) is 8.65. The van der Waals surface area contributed by atoms with Gasteiger partial charge in [-0.15, -0.1) is 10.2 Å². The molecule has 6 nitrogen and oxygen atoms in total. The molecule has 0 aliphatic carbocycles. The molecule has 2 aromatic heterocycles. The summed E-state index contributed by atoms with van der Waals surface area (Å²) in [4.78, 5) is 16.1. The standard InChI is InChI=1S/C16H13BrN4O2S/c1-10-2-4-13(5-3-10)23-9-14-20-21-16(24-14)19-15(22)11-6-12(17)8-18-7-11/h2-8H,9H2,1H3,(H,19,21,22). The van der Waals surface area contributed by atoms with Crippen LogP contribution in [0.1, 0.15) is 20.9 Å². The van der Waals surface area contributed by atoms with Crippen LogP contribution in [0.5, 0.6) is 5.75 Å². The van der Waals surface area contributed by atoms with Crippen molar-refractivity contribution in [1.82, 2.24) is 15.2 Å². The summed E-state index contributed by atoms with van der Waals surface area (Å²) in [5.41, 5.74) is 1.61. The van der Waals surface area contributed by atoms with Crippen molar-refractivity contribution in [3.63, 3.8) is 0 Å². The van der Waals surface area contributed by atoms with Crippen LogP contribution in [-0.2, 0) is 6.61 Å². The van der Waals surface area contributed by atoms with Crippen LogP contribution >= 0.6 is 27.3 Å². The molecule has 3 rings (SSSR count). The minimum Gasteiger partial charge on any atom is -0.486 e. The molecule has 2 heterocycles. The second-order valence-corrected chi connectivity index (χ2v) is 6.93. The lowest BCUT2D eigenvalue weighted by atomic mass is 10.2. The van der Waals surface area contributed by atoms with Crippen LogP contribution < -0.4 is 10.1 Å². The Bertz CT molecular complexity index is 851. The molecule has 24 heavy (non-hydrogen) atoms. The van der Waals surface area contributed by atoms with Gasteiger partial charge in [-0.25, -0.2) is 0 Å². The van der Waals surface area contributed by atoms with E-state index in [1.807, 2.05) is 31.2 Å². The number of ether oxygens (including phenoxy) is 1. The lowest BCUT2D eigenvalue weighted by Gasteiger charge is -2.03. The van der Waals surface area contributed by atoms with E-state index in [4.69, 9.17) is 4.74 Å². The zero-order valence-corrected chi connectivity index (χ0v) is 15.1. The molecule has 0 saturated carbocycles. The number of aromatic nitrogens is 3. The predicted octanol–water partition coefficient (Wildman–Crippen LogP) is 3.84. The number of carbonyl (C=O) groups is 1. The third kappa shape index (κ3) is 4.36. The lowest BCUT2D eigenvalue weighted by molar-refractivity contribution is 0.102. The first-order valence-electron chi connectivity index (χ1n) is 7.04. The molecular formula is C16H13BrN4O2S. The molecule has 122 valence electrons. The van der Waals surface area contributed by atoms with Crippen molar-refractivity contribution in [3.8, 4) is 5.75 Å². The lowest BCUT2D eigenvalue weighted by Crippen LogP contribution is -2.11. The van der Waals surface area contributed by atoms with Crippen LogP contribution in [0.3, 0.4) is 0 Å². The van der Waals surface area contributed by atoms with Crippen LogP contribution in [0, 0.1) is 6.92 Å². The quantitative estimate of drug-likeness (QED) is 0.698. The van der Waals surface area contributed by atoms with Gasteiger partial charge in [0.1, 0.15) is 12.4 Å². The van der Waals surface area contributed by atoms with Crippen molar-refractivity contribution in [2.45, 2.75) is 13.5 Å². The average molecular weight is 405 g/mol. The summed E-state index contributed by atoms with van der Waals surface area (Å²) in [5.74, 6) is 0.479. The Morgan fingerprint density at radius 1 is 1.25 bits per heavy atom. The first kappa shape index (κ1) is 16.5. The molecule has 0 spiro atoms. The topological polar surface area (TPSA) is 77.0 Å². The Hall–Kier alpha value is -2.32. The van der Waals surface area contributed by atoms with E-state index in [2.05, 4.69) is 36.4 Å². The maximum Gasteiger partial charge on any atom is 0.259 e. The molecule has 1 amide bonds. The van der Waals surface area contributed by atoms with Crippen LogP contribution in [0.25, 0.3) is 0 Å². The van der Waals surface area contributed by atoms with Gasteiger partial charge in [0, 0.05) is 16.9 Å². The van der Waals surface area contributed by atoms with Crippen molar-refractivity contribution in [2.75, 3.05) is 5.32 Å². The van der Waals surface area contributed by atoms with Gasteiger partial charge in [-0.1, -0.05) is 29.0 Å². The highest BCUT2D eigenvalue weighted by Crippen LogP contribution is 2.19. The monoisotopic (exact) mass is 404 g/mol. The van der Waals surface area contributed by atoms with E-state index in [-0.39, 0.29) is 5.91 Å². The molecule has 1 N–H and O–H groups in total. The maximum absolute atomic E-state index is 12.1. The van der Waals surface area contributed by atoms with Gasteiger partial charge in [0.2, 0.25) is 5.13 Å². The van der Waals surface area contributed by atoms with Crippen molar-refractivity contribution in [1.29, 1.82) is 0 Å². The molecule has 3 aromatic rings. The van der Waals surface area contributed by atoms with Crippen molar-refractivity contribution in [3.05, 3.63) is 63.3 Å². The molecule has 0 saturated heterocycles. The summed E-state index contributed by atoms with van der Waals surface area (Å²) in [6.07, 6.45) is 3.10. The van der Waals surface area contributed by atoms with Gasteiger partial charge in [0.05, 0.1) is 5.56 Å². The van der Waals surface area contributed by atoms with Crippen LogP contribution in [0.2, 0.25) is 0 Å². The summed E-state index contributed by atoms with van der Waals surface area (Å²) in [6, 6.07) is 9.45. The van der Waals surface area contributed by atoms with Gasteiger partial charge in [-0.2, -0.15) is 0 Å². The number of nitrogens with one attached hydrogen (secondary N) is 1. The summed E-state index contributed by atoms with van der Waals surface area (Å²) in [7, 11) is 0. The average Bonchev–Trinajstić information content (AvgIpc) is 3.02. The first-order chi connectivity index (χ1) is 11.6. The number of pyridine rings is 1. The Kier molecular flexibility index (Phi) is 5.17. The van der Waals surface area contributed by atoms with Crippen molar-refractivity contribution >= 4 is 38.3 Å². The normalized spacial score (nSPS) is 10.4. The summed E-state index contributed by atoms with van der Waals surface area (Å²) < 4.78 is 6.38. The Morgan fingerprint density at radius 2 is 2.04 bits per heavy atom. The fourth-order valence-corrected chi connectivity index (χ4v) is 2.86. The molecular weight excluding hydrogens is 392 g/mol. The third-order valence-corrected chi connectivity index (χ3v) is 4.28. The van der Waals surface area contributed by atoms with E-state index < -0.39 is 0 Å². The van der Waals surface area contributed by atoms with E-state index in [0.29, 0.717) is 22.3 Å². The number of amides is 1. The van der Waals surface area contributed by atoms with Gasteiger partial charge in [0.25, 0.3) is 5.91 Å². The Labute approximate surface area is 151 Å². The summed E-state index contributed by atoms with van der Waals surface area (Å²) in [5, 5.41) is 11.8. The summed E-state index contributed by atoms with van der Waals surface area (Å²) >= 11 is 4.55. The second-order valence-electron chi connectivity index (χ2n) is 4.95. The number of hydrogen-bond acceptors (Lipinski definition) is 6. The number of rotatable bonds is 5. The minimum absolute atomic E-state index is 0.286. The number of benzene rings is 1. The molecule has 1 aromatic carbocycles. The van der Waals surface area contributed by atoms with Gasteiger partial charge in [0.15, 0.2) is 5.01 Å². The number of hydrogen-bond donors (Lipinski definition) is 1. The Morgan fingerprint density at radius 3 is 2.79 bits per heavy atom. The number of nitrogens with zero attached hydrogens (tertiary/aromatic N) is 3. The SMILES string of the molecule is Cc1ccc(OCc2nnc(NC(=O)c3cncc(Br)c3)s2)cc1. The molecule has 0 radical (unpaired) electrons. The highest BCUT2D eigenvalue weighted by Gasteiger charge is 2.11. The highest BCUT2D eigenvalue weighted by atomic mass is 79.9. The van der Waals surface area contributed by atoms with E-state index in [9.17, 15) is 4.79 Å². The number of anilines is 1. The fourth-order valence-electron chi connectivity index (χ4n) is 1.85. The molecule has 0 unspecified atom stereocenters. The third-order valence-electron chi connectivity index (χ3n) is 3.04. The molecule has 0 atom stereocenters. The zero-order valence-electron chi connectivity index (χ0n) is 12.7. The van der Waals surface area contributed by atoms with Crippen LogP contribution in [0.4, 0.5) is 5.13 Å². The van der Waals surface area contributed by atoms with Crippen molar-refractivity contribution in [2.24, 2.45) is 0 Å². The minimum atomic E-state index is -0.286. The van der Waals surface area contributed by atoms with Gasteiger partial charge < -0.3 is 4.74 Å². The van der Waals surface area contributed by atoms with E-state index in [1.54, 1.807) is 12.3 Å². The van der Waals surface area contributed by atoms with E-state index >= 15 is 0 Å². The van der Waals surface area contributed by atoms with E-state index in [0.717, 1.165) is 10.2 Å².